The molecule has 0 spiro atoms. The molecule has 7 nitrogen and oxygen atoms in total. The number of benzene rings is 1. The number of aromatic nitrogens is 1. The first-order chi connectivity index (χ1) is 13.8. The normalized spacial score (nSPS) is 16.7. The van der Waals surface area contributed by atoms with E-state index in [1.807, 2.05) is 0 Å². The van der Waals surface area contributed by atoms with Crippen molar-refractivity contribution < 1.29 is 19.4 Å². The van der Waals surface area contributed by atoms with Crippen molar-refractivity contribution in [3.63, 3.8) is 0 Å². The van der Waals surface area contributed by atoms with Crippen molar-refractivity contribution >= 4 is 35.1 Å². The Labute approximate surface area is 177 Å². The van der Waals surface area contributed by atoms with E-state index in [2.05, 4.69) is 15.6 Å². The fourth-order valence-corrected chi connectivity index (χ4v) is 3.01. The Morgan fingerprint density at radius 3 is 2.62 bits per heavy atom. The van der Waals surface area contributed by atoms with Crippen LogP contribution < -0.4 is 15.4 Å². The molecule has 2 aromatic rings. The third kappa shape index (κ3) is 5.28. The highest BCUT2D eigenvalue weighted by Gasteiger charge is 2.26. The predicted molar refractivity (Wildman–Crippen MR) is 109 cm³/mol. The van der Waals surface area contributed by atoms with Gasteiger partial charge >= 0.3 is 5.97 Å². The number of allylic oxidation sites excluding steroid dienone is 2. The lowest BCUT2D eigenvalue weighted by molar-refractivity contribution is -0.119. The van der Waals surface area contributed by atoms with Crippen LogP contribution in [0.5, 0.6) is 5.75 Å². The van der Waals surface area contributed by atoms with Gasteiger partial charge in [0.1, 0.15) is 5.75 Å². The van der Waals surface area contributed by atoms with Gasteiger partial charge in [0.05, 0.1) is 33.4 Å². The number of carbonyl (C=O) groups excluding carboxylic acids is 1. The second-order valence-electron chi connectivity index (χ2n) is 6.25. The molecule has 2 atom stereocenters. The number of carboxylic acids is 1. The van der Waals surface area contributed by atoms with E-state index >= 15 is 0 Å². The molecular formula is C20H17Cl2N3O4. The van der Waals surface area contributed by atoms with Crippen LogP contribution in [0.2, 0.25) is 5.02 Å². The molecule has 0 fully saturated rings. The van der Waals surface area contributed by atoms with Crippen LogP contribution in [0, 0.1) is 0 Å². The summed E-state index contributed by atoms with van der Waals surface area (Å²) < 4.78 is 5.79. The van der Waals surface area contributed by atoms with E-state index in [9.17, 15) is 9.59 Å². The predicted octanol–water partition coefficient (Wildman–Crippen LogP) is 3.63. The highest BCUT2D eigenvalue weighted by atomic mass is 35.5. The summed E-state index contributed by atoms with van der Waals surface area (Å²) in [5.41, 5.74) is 1.20. The third-order valence-corrected chi connectivity index (χ3v) is 4.57. The first-order valence-corrected chi connectivity index (χ1v) is 9.33. The highest BCUT2D eigenvalue weighted by Crippen LogP contribution is 2.23. The van der Waals surface area contributed by atoms with Gasteiger partial charge in [-0.3, -0.25) is 9.78 Å². The zero-order chi connectivity index (χ0) is 21.0. The molecule has 1 aliphatic heterocycles. The van der Waals surface area contributed by atoms with Crippen LogP contribution in [0.1, 0.15) is 28.9 Å². The maximum Gasteiger partial charge on any atom is 0.335 e. The molecule has 29 heavy (non-hydrogen) atoms. The van der Waals surface area contributed by atoms with E-state index in [0.29, 0.717) is 15.8 Å². The number of hydrogen-bond acceptors (Lipinski definition) is 5. The summed E-state index contributed by atoms with van der Waals surface area (Å²) in [5.74, 6) is -1.01. The molecule has 1 amide bonds. The number of carboxylic acid groups (broad SMARTS) is 1. The first kappa shape index (κ1) is 20.7. The minimum Gasteiger partial charge on any atom is -0.478 e. The Bertz CT molecular complexity index is 989. The lowest BCUT2D eigenvalue weighted by Crippen LogP contribution is -2.42. The Morgan fingerprint density at radius 2 is 1.97 bits per heavy atom. The summed E-state index contributed by atoms with van der Waals surface area (Å²) in [6, 6.07) is 7.49. The molecule has 150 valence electrons. The van der Waals surface area contributed by atoms with Crippen molar-refractivity contribution in [3.8, 4) is 5.75 Å². The number of nitrogens with one attached hydrogen (secondary N) is 2. The summed E-state index contributed by atoms with van der Waals surface area (Å²) in [5, 5.41) is 15.5. The third-order valence-electron chi connectivity index (χ3n) is 4.15. The van der Waals surface area contributed by atoms with Crippen LogP contribution in [0.15, 0.2) is 65.6 Å². The van der Waals surface area contributed by atoms with Crippen LogP contribution in [-0.2, 0) is 4.79 Å². The van der Waals surface area contributed by atoms with Gasteiger partial charge in [-0.05, 0) is 30.7 Å². The number of hydrogen-bond donors (Lipinski definition) is 3. The average molecular weight is 434 g/mol. The van der Waals surface area contributed by atoms with Crippen LogP contribution in [0.4, 0.5) is 0 Å². The van der Waals surface area contributed by atoms with Gasteiger partial charge in [-0.25, -0.2) is 4.79 Å². The van der Waals surface area contributed by atoms with Gasteiger partial charge < -0.3 is 20.5 Å². The number of ether oxygens (including phenoxy) is 1. The van der Waals surface area contributed by atoms with Gasteiger partial charge in [-0.1, -0.05) is 35.3 Å². The van der Waals surface area contributed by atoms with Crippen molar-refractivity contribution in [2.75, 3.05) is 0 Å². The second-order valence-corrected chi connectivity index (χ2v) is 7.13. The largest absolute Gasteiger partial charge is 0.478 e. The summed E-state index contributed by atoms with van der Waals surface area (Å²) in [7, 11) is 0. The van der Waals surface area contributed by atoms with Crippen molar-refractivity contribution in [1.82, 2.24) is 15.6 Å². The van der Waals surface area contributed by atoms with Crippen molar-refractivity contribution in [2.45, 2.75) is 19.2 Å². The summed E-state index contributed by atoms with van der Waals surface area (Å²) in [4.78, 5) is 27.8. The Kier molecular flexibility index (Phi) is 6.41. The molecular weight excluding hydrogens is 417 g/mol. The quantitative estimate of drug-likeness (QED) is 0.642. The molecule has 1 aromatic carbocycles. The molecule has 3 rings (SSSR count). The van der Waals surface area contributed by atoms with E-state index in [0.717, 1.165) is 5.56 Å². The molecule has 2 heterocycles. The summed E-state index contributed by atoms with van der Waals surface area (Å²) >= 11 is 12.0. The first-order valence-electron chi connectivity index (χ1n) is 8.58. The Hall–Kier alpha value is -3.03. The summed E-state index contributed by atoms with van der Waals surface area (Å²) in [6.45, 7) is 1.79. The molecule has 0 bridgehead atoms. The molecule has 0 radical (unpaired) electrons. The fourth-order valence-electron chi connectivity index (χ4n) is 2.66. The summed E-state index contributed by atoms with van der Waals surface area (Å²) in [6.07, 6.45) is 5.20. The number of halogens is 2. The fraction of sp³-hybridized carbons (Fsp3) is 0.150. The number of pyridine rings is 1. The van der Waals surface area contributed by atoms with Gasteiger partial charge in [0.15, 0.2) is 0 Å². The van der Waals surface area contributed by atoms with Gasteiger partial charge in [-0.2, -0.15) is 0 Å². The minimum atomic E-state index is -1.01. The topological polar surface area (TPSA) is 101 Å². The molecule has 0 saturated heterocycles. The molecule has 1 aromatic heterocycles. The van der Waals surface area contributed by atoms with E-state index in [1.165, 1.54) is 36.8 Å². The Morgan fingerprint density at radius 1 is 1.24 bits per heavy atom. The smallest absolute Gasteiger partial charge is 0.335 e. The number of dihydropyridines is 1. The van der Waals surface area contributed by atoms with Crippen molar-refractivity contribution in [2.24, 2.45) is 0 Å². The number of amides is 1. The average Bonchev–Trinajstić information content (AvgIpc) is 2.69. The van der Waals surface area contributed by atoms with Crippen LogP contribution in [0.25, 0.3) is 0 Å². The van der Waals surface area contributed by atoms with E-state index < -0.39 is 18.1 Å². The van der Waals surface area contributed by atoms with Crippen LogP contribution in [0.3, 0.4) is 0 Å². The molecule has 0 saturated carbocycles. The van der Waals surface area contributed by atoms with Crippen LogP contribution in [-0.4, -0.2) is 28.2 Å². The van der Waals surface area contributed by atoms with Crippen molar-refractivity contribution in [3.05, 3.63) is 81.8 Å². The number of rotatable bonds is 6. The van der Waals surface area contributed by atoms with Crippen molar-refractivity contribution in [1.29, 1.82) is 0 Å². The van der Waals surface area contributed by atoms with E-state index in [1.54, 1.807) is 25.1 Å². The zero-order valence-corrected chi connectivity index (χ0v) is 16.7. The molecule has 9 heteroatoms. The number of carbonyl (C=O) groups is 2. The molecule has 1 unspecified atom stereocenters. The standard InChI is InChI=1S/C20H17Cl2N3O4/c1-11(12-2-4-13(5-3-12)20(27)28)25-18(26)17-7-15(22)9-24-19(17)29-16-6-14(21)8-23-10-16/h2-11,19,24H,1H3,(H,25,26)(H,27,28)/t11-,19?/m0/s1. The SMILES string of the molecule is C[C@H](NC(=O)C1=CC(Cl)=CNC1Oc1cncc(Cl)c1)c1ccc(C(=O)O)cc1. The highest BCUT2D eigenvalue weighted by molar-refractivity contribution is 6.31. The molecule has 3 N–H and O–H groups in total. The molecule has 0 aliphatic carbocycles. The second kappa shape index (κ2) is 8.98. The Balaban J connectivity index is 1.73. The van der Waals surface area contributed by atoms with Gasteiger partial charge in [0, 0.05) is 18.5 Å². The van der Waals surface area contributed by atoms with E-state index in [-0.39, 0.29) is 17.2 Å². The maximum atomic E-state index is 12.8. The molecule has 1 aliphatic rings. The van der Waals surface area contributed by atoms with Crippen LogP contribution >= 0.6 is 23.2 Å². The monoisotopic (exact) mass is 433 g/mol. The number of aromatic carboxylic acids is 1. The zero-order valence-electron chi connectivity index (χ0n) is 15.2. The lowest BCUT2D eigenvalue weighted by atomic mass is 10.0. The lowest BCUT2D eigenvalue weighted by Gasteiger charge is -2.25. The van der Waals surface area contributed by atoms with Gasteiger partial charge in [0.25, 0.3) is 5.91 Å². The van der Waals surface area contributed by atoms with E-state index in [4.69, 9.17) is 33.0 Å². The minimum absolute atomic E-state index is 0.173. The van der Waals surface area contributed by atoms with Gasteiger partial charge in [0.2, 0.25) is 6.23 Å². The number of nitrogens with zero attached hydrogens (tertiary/aromatic N) is 1. The maximum absolute atomic E-state index is 12.8. The van der Waals surface area contributed by atoms with Gasteiger partial charge in [-0.15, -0.1) is 0 Å².